The maximum Gasteiger partial charge on any atom is 0.229 e. The summed E-state index contributed by atoms with van der Waals surface area (Å²) in [5, 5.41) is 2.86. The number of carbonyl (C=O) groups is 1. The van der Waals surface area contributed by atoms with Crippen LogP contribution in [0, 0.1) is 11.8 Å². The van der Waals surface area contributed by atoms with E-state index in [-0.39, 0.29) is 11.8 Å². The van der Waals surface area contributed by atoms with Gasteiger partial charge in [-0.3, -0.25) is 10.1 Å². The standard InChI is InChI=1S/C19H23N3O/c1-14(13-15-7-5-6-8-15)18(23)22-19-20-12-11-17(21-19)16-9-3-2-4-10-16/h2-4,9-12,14-15H,5-8,13H2,1H3,(H,20,21,22,23). The zero-order valence-electron chi connectivity index (χ0n) is 13.5. The first-order valence-corrected chi connectivity index (χ1v) is 8.41. The zero-order chi connectivity index (χ0) is 16.1. The maximum atomic E-state index is 12.4. The van der Waals surface area contributed by atoms with Gasteiger partial charge >= 0.3 is 0 Å². The first-order valence-electron chi connectivity index (χ1n) is 8.41. The number of benzene rings is 1. The average Bonchev–Trinajstić information content (AvgIpc) is 3.09. The van der Waals surface area contributed by atoms with E-state index in [0.717, 1.165) is 17.7 Å². The normalized spacial score (nSPS) is 16.2. The van der Waals surface area contributed by atoms with Gasteiger partial charge in [0.2, 0.25) is 11.9 Å². The fourth-order valence-corrected chi connectivity index (χ4v) is 3.28. The molecule has 120 valence electrons. The van der Waals surface area contributed by atoms with Crippen molar-refractivity contribution in [1.29, 1.82) is 0 Å². The molecule has 4 nitrogen and oxygen atoms in total. The first-order chi connectivity index (χ1) is 11.2. The summed E-state index contributed by atoms with van der Waals surface area (Å²) in [6.07, 6.45) is 7.79. The summed E-state index contributed by atoms with van der Waals surface area (Å²) in [5.41, 5.74) is 1.84. The third kappa shape index (κ3) is 4.15. The van der Waals surface area contributed by atoms with Crippen molar-refractivity contribution in [2.75, 3.05) is 5.32 Å². The van der Waals surface area contributed by atoms with Crippen molar-refractivity contribution >= 4 is 11.9 Å². The Bertz CT molecular complexity index is 651. The molecule has 1 aliphatic rings. The second-order valence-electron chi connectivity index (χ2n) is 6.41. The summed E-state index contributed by atoms with van der Waals surface area (Å²) < 4.78 is 0. The van der Waals surface area contributed by atoms with Crippen LogP contribution in [0.25, 0.3) is 11.3 Å². The topological polar surface area (TPSA) is 54.9 Å². The molecule has 0 saturated heterocycles. The lowest BCUT2D eigenvalue weighted by molar-refractivity contribution is -0.119. The van der Waals surface area contributed by atoms with Gasteiger partial charge in [0.05, 0.1) is 5.69 Å². The van der Waals surface area contributed by atoms with Crippen LogP contribution in [0.4, 0.5) is 5.95 Å². The molecule has 1 saturated carbocycles. The van der Waals surface area contributed by atoms with E-state index in [4.69, 9.17) is 0 Å². The van der Waals surface area contributed by atoms with Crippen molar-refractivity contribution in [2.24, 2.45) is 11.8 Å². The monoisotopic (exact) mass is 309 g/mol. The van der Waals surface area contributed by atoms with Gasteiger partial charge in [-0.2, -0.15) is 0 Å². The van der Waals surface area contributed by atoms with Crippen LogP contribution in [0.3, 0.4) is 0 Å². The number of aromatic nitrogens is 2. The second-order valence-corrected chi connectivity index (χ2v) is 6.41. The van der Waals surface area contributed by atoms with E-state index in [2.05, 4.69) is 15.3 Å². The van der Waals surface area contributed by atoms with E-state index >= 15 is 0 Å². The molecule has 1 heterocycles. The van der Waals surface area contributed by atoms with E-state index in [1.54, 1.807) is 6.20 Å². The van der Waals surface area contributed by atoms with Crippen LogP contribution >= 0.6 is 0 Å². The van der Waals surface area contributed by atoms with E-state index in [9.17, 15) is 4.79 Å². The van der Waals surface area contributed by atoms with Crippen molar-refractivity contribution in [3.63, 3.8) is 0 Å². The van der Waals surface area contributed by atoms with Gasteiger partial charge in [-0.05, 0) is 18.4 Å². The summed E-state index contributed by atoms with van der Waals surface area (Å²) in [6.45, 7) is 1.99. The van der Waals surface area contributed by atoms with Gasteiger partial charge in [0.15, 0.2) is 0 Å². The SMILES string of the molecule is CC(CC1CCCC1)C(=O)Nc1nccc(-c2ccccc2)n1. The molecular formula is C19H23N3O. The van der Waals surface area contributed by atoms with Gasteiger partial charge in [0.25, 0.3) is 0 Å². The first kappa shape index (κ1) is 15.7. The summed E-state index contributed by atoms with van der Waals surface area (Å²) in [5.74, 6) is 1.10. The lowest BCUT2D eigenvalue weighted by Crippen LogP contribution is -2.23. The predicted molar refractivity (Wildman–Crippen MR) is 91.8 cm³/mol. The highest BCUT2D eigenvalue weighted by atomic mass is 16.2. The molecule has 2 aromatic rings. The van der Waals surface area contributed by atoms with Crippen LogP contribution < -0.4 is 5.32 Å². The van der Waals surface area contributed by atoms with Crippen LogP contribution in [0.5, 0.6) is 0 Å². The van der Waals surface area contributed by atoms with Crippen LogP contribution in [0.1, 0.15) is 39.0 Å². The molecule has 1 amide bonds. The number of rotatable bonds is 5. The van der Waals surface area contributed by atoms with Crippen molar-refractivity contribution in [3.8, 4) is 11.3 Å². The Morgan fingerprint density at radius 2 is 1.96 bits per heavy atom. The fourth-order valence-electron chi connectivity index (χ4n) is 3.28. The molecule has 4 heteroatoms. The number of amides is 1. The van der Waals surface area contributed by atoms with Crippen molar-refractivity contribution in [3.05, 3.63) is 42.6 Å². The molecule has 1 aliphatic carbocycles. The molecule has 1 unspecified atom stereocenters. The van der Waals surface area contributed by atoms with Gasteiger partial charge in [-0.15, -0.1) is 0 Å². The molecular weight excluding hydrogens is 286 g/mol. The van der Waals surface area contributed by atoms with E-state index in [1.807, 2.05) is 43.3 Å². The Balaban J connectivity index is 1.64. The summed E-state index contributed by atoms with van der Waals surface area (Å²) in [6, 6.07) is 11.8. The third-order valence-electron chi connectivity index (χ3n) is 4.57. The molecule has 23 heavy (non-hydrogen) atoms. The second kappa shape index (κ2) is 7.36. The van der Waals surface area contributed by atoms with Crippen molar-refractivity contribution in [1.82, 2.24) is 9.97 Å². The van der Waals surface area contributed by atoms with E-state index < -0.39 is 0 Å². The molecule has 1 atom stereocenters. The van der Waals surface area contributed by atoms with E-state index in [1.165, 1.54) is 25.7 Å². The van der Waals surface area contributed by atoms with Crippen molar-refractivity contribution in [2.45, 2.75) is 39.0 Å². The Kier molecular flexibility index (Phi) is 5.01. The molecule has 0 aliphatic heterocycles. The molecule has 0 bridgehead atoms. The largest absolute Gasteiger partial charge is 0.294 e. The quantitative estimate of drug-likeness (QED) is 0.896. The Hall–Kier alpha value is -2.23. The number of hydrogen-bond donors (Lipinski definition) is 1. The average molecular weight is 309 g/mol. The number of hydrogen-bond acceptors (Lipinski definition) is 3. The third-order valence-corrected chi connectivity index (χ3v) is 4.57. The minimum atomic E-state index is 0.00193. The zero-order valence-corrected chi connectivity index (χ0v) is 13.5. The van der Waals surface area contributed by atoms with Gasteiger partial charge in [-0.1, -0.05) is 62.9 Å². The number of nitrogens with zero attached hydrogens (tertiary/aromatic N) is 2. The van der Waals surface area contributed by atoms with Gasteiger partial charge in [-0.25, -0.2) is 9.97 Å². The molecule has 3 rings (SSSR count). The Morgan fingerprint density at radius 1 is 1.22 bits per heavy atom. The molecule has 1 fully saturated rings. The molecule has 0 radical (unpaired) electrons. The minimum absolute atomic E-state index is 0.00193. The number of nitrogens with one attached hydrogen (secondary N) is 1. The minimum Gasteiger partial charge on any atom is -0.294 e. The van der Waals surface area contributed by atoms with Crippen molar-refractivity contribution < 1.29 is 4.79 Å². The van der Waals surface area contributed by atoms with Gasteiger partial charge < -0.3 is 0 Å². The highest BCUT2D eigenvalue weighted by molar-refractivity contribution is 5.90. The molecule has 1 aromatic heterocycles. The van der Waals surface area contributed by atoms with Crippen LogP contribution in [-0.4, -0.2) is 15.9 Å². The lowest BCUT2D eigenvalue weighted by atomic mass is 9.94. The number of anilines is 1. The highest BCUT2D eigenvalue weighted by Gasteiger charge is 2.22. The van der Waals surface area contributed by atoms with Crippen LogP contribution in [0.15, 0.2) is 42.6 Å². The summed E-state index contributed by atoms with van der Waals surface area (Å²) in [4.78, 5) is 21.0. The van der Waals surface area contributed by atoms with Crippen LogP contribution in [-0.2, 0) is 4.79 Å². The molecule has 1 aromatic carbocycles. The Morgan fingerprint density at radius 3 is 2.70 bits per heavy atom. The lowest BCUT2D eigenvalue weighted by Gasteiger charge is -2.15. The fraction of sp³-hybridized carbons (Fsp3) is 0.421. The molecule has 0 spiro atoms. The van der Waals surface area contributed by atoms with Gasteiger partial charge in [0.1, 0.15) is 0 Å². The predicted octanol–water partition coefficient (Wildman–Crippen LogP) is 4.30. The summed E-state index contributed by atoms with van der Waals surface area (Å²) >= 11 is 0. The molecule has 1 N–H and O–H groups in total. The Labute approximate surface area is 137 Å². The van der Waals surface area contributed by atoms with Crippen LogP contribution in [0.2, 0.25) is 0 Å². The summed E-state index contributed by atoms with van der Waals surface area (Å²) in [7, 11) is 0. The maximum absolute atomic E-state index is 12.4. The highest BCUT2D eigenvalue weighted by Crippen LogP contribution is 2.30. The van der Waals surface area contributed by atoms with Gasteiger partial charge in [0, 0.05) is 17.7 Å². The number of carbonyl (C=O) groups excluding carboxylic acids is 1. The van der Waals surface area contributed by atoms with E-state index in [0.29, 0.717) is 11.9 Å². The smallest absolute Gasteiger partial charge is 0.229 e.